The molecule has 0 saturated heterocycles. The number of benzene rings is 1. The molecule has 1 aromatic carbocycles. The van der Waals surface area contributed by atoms with E-state index in [1.807, 2.05) is 0 Å². The minimum atomic E-state index is -0.713. The molecule has 0 radical (unpaired) electrons. The first kappa shape index (κ1) is 13.0. The SMILES string of the molecule is CN(CCO)C(=O)C1(c2ccccc2F)CCC1. The van der Waals surface area contributed by atoms with Gasteiger partial charge in [0.25, 0.3) is 0 Å². The highest BCUT2D eigenvalue weighted by atomic mass is 19.1. The summed E-state index contributed by atoms with van der Waals surface area (Å²) in [7, 11) is 1.65. The number of likely N-dealkylation sites (N-methyl/N-ethyl adjacent to an activating group) is 1. The number of hydrogen-bond donors (Lipinski definition) is 1. The molecule has 4 heteroatoms. The lowest BCUT2D eigenvalue weighted by molar-refractivity contribution is -0.140. The number of rotatable bonds is 4. The van der Waals surface area contributed by atoms with Crippen LogP contribution in [0.5, 0.6) is 0 Å². The Balaban J connectivity index is 2.32. The van der Waals surface area contributed by atoms with E-state index in [2.05, 4.69) is 0 Å². The van der Waals surface area contributed by atoms with Gasteiger partial charge in [-0.05, 0) is 18.9 Å². The summed E-state index contributed by atoms with van der Waals surface area (Å²) in [6.45, 7) is 0.213. The van der Waals surface area contributed by atoms with Gasteiger partial charge in [-0.25, -0.2) is 4.39 Å². The van der Waals surface area contributed by atoms with Gasteiger partial charge in [0.1, 0.15) is 5.82 Å². The Morgan fingerprint density at radius 2 is 2.11 bits per heavy atom. The first-order valence-electron chi connectivity index (χ1n) is 6.23. The standard InChI is InChI=1S/C14H18FNO2/c1-16(9-10-17)13(18)14(7-4-8-14)11-5-2-3-6-12(11)15/h2-3,5-6,17H,4,7-10H2,1H3. The molecule has 18 heavy (non-hydrogen) atoms. The predicted octanol–water partition coefficient (Wildman–Crippen LogP) is 1.70. The van der Waals surface area contributed by atoms with Crippen LogP contribution in [0.4, 0.5) is 4.39 Å². The molecule has 0 aliphatic heterocycles. The fourth-order valence-electron chi connectivity index (χ4n) is 2.59. The van der Waals surface area contributed by atoms with Crippen molar-refractivity contribution in [2.75, 3.05) is 20.2 Å². The van der Waals surface area contributed by atoms with Gasteiger partial charge in [-0.2, -0.15) is 0 Å². The van der Waals surface area contributed by atoms with Crippen LogP contribution in [0.25, 0.3) is 0 Å². The van der Waals surface area contributed by atoms with E-state index < -0.39 is 5.41 Å². The van der Waals surface area contributed by atoms with E-state index in [9.17, 15) is 9.18 Å². The Hall–Kier alpha value is -1.42. The Morgan fingerprint density at radius 1 is 1.44 bits per heavy atom. The third-order valence-corrected chi connectivity index (χ3v) is 3.79. The molecular formula is C14H18FNO2. The summed E-state index contributed by atoms with van der Waals surface area (Å²) in [6, 6.07) is 6.48. The van der Waals surface area contributed by atoms with E-state index >= 15 is 0 Å². The molecular weight excluding hydrogens is 233 g/mol. The first-order valence-corrected chi connectivity index (χ1v) is 6.23. The van der Waals surface area contributed by atoms with Crippen LogP contribution in [0.2, 0.25) is 0 Å². The van der Waals surface area contributed by atoms with Gasteiger partial charge >= 0.3 is 0 Å². The largest absolute Gasteiger partial charge is 0.395 e. The molecule has 2 rings (SSSR count). The Labute approximate surface area is 106 Å². The second-order valence-corrected chi connectivity index (χ2v) is 4.87. The van der Waals surface area contributed by atoms with Crippen LogP contribution >= 0.6 is 0 Å². The van der Waals surface area contributed by atoms with Crippen LogP contribution in [0.15, 0.2) is 24.3 Å². The first-order chi connectivity index (χ1) is 8.62. The summed E-state index contributed by atoms with van der Waals surface area (Å²) in [4.78, 5) is 13.9. The highest BCUT2D eigenvalue weighted by Crippen LogP contribution is 2.45. The number of nitrogens with zero attached hydrogens (tertiary/aromatic N) is 1. The smallest absolute Gasteiger partial charge is 0.233 e. The minimum Gasteiger partial charge on any atom is -0.395 e. The number of hydrogen-bond acceptors (Lipinski definition) is 2. The van der Waals surface area contributed by atoms with Crippen molar-refractivity contribution in [1.29, 1.82) is 0 Å². The van der Waals surface area contributed by atoms with Gasteiger partial charge in [0, 0.05) is 19.2 Å². The van der Waals surface area contributed by atoms with Crippen molar-refractivity contribution in [3.05, 3.63) is 35.6 Å². The van der Waals surface area contributed by atoms with Gasteiger partial charge in [-0.1, -0.05) is 24.6 Å². The zero-order chi connectivity index (χ0) is 13.2. The topological polar surface area (TPSA) is 40.5 Å². The summed E-state index contributed by atoms with van der Waals surface area (Å²) in [5.74, 6) is -0.407. The molecule has 1 amide bonds. The van der Waals surface area contributed by atoms with E-state index in [1.165, 1.54) is 11.0 Å². The van der Waals surface area contributed by atoms with E-state index in [1.54, 1.807) is 25.2 Å². The molecule has 3 nitrogen and oxygen atoms in total. The Bertz CT molecular complexity index is 443. The van der Waals surface area contributed by atoms with Gasteiger partial charge in [-0.15, -0.1) is 0 Å². The van der Waals surface area contributed by atoms with Crippen LogP contribution in [-0.2, 0) is 10.2 Å². The van der Waals surface area contributed by atoms with Crippen molar-refractivity contribution in [2.45, 2.75) is 24.7 Å². The molecule has 0 atom stereocenters. The van der Waals surface area contributed by atoms with Gasteiger partial charge in [0.2, 0.25) is 5.91 Å². The number of carbonyl (C=O) groups is 1. The number of aliphatic hydroxyl groups is 1. The molecule has 0 bridgehead atoms. The van der Waals surface area contributed by atoms with Crippen molar-refractivity contribution in [1.82, 2.24) is 4.90 Å². The number of carbonyl (C=O) groups excluding carboxylic acids is 1. The van der Waals surface area contributed by atoms with Crippen LogP contribution in [-0.4, -0.2) is 36.1 Å². The molecule has 1 N–H and O–H groups in total. The van der Waals surface area contributed by atoms with Gasteiger partial charge in [0.05, 0.1) is 12.0 Å². The van der Waals surface area contributed by atoms with Crippen molar-refractivity contribution < 1.29 is 14.3 Å². The highest BCUT2D eigenvalue weighted by Gasteiger charge is 2.48. The highest BCUT2D eigenvalue weighted by molar-refractivity contribution is 5.89. The number of aliphatic hydroxyl groups excluding tert-OH is 1. The monoisotopic (exact) mass is 251 g/mol. The molecule has 1 aromatic rings. The summed E-state index contributed by atoms with van der Waals surface area (Å²) in [6.07, 6.45) is 2.30. The summed E-state index contributed by atoms with van der Waals surface area (Å²) >= 11 is 0. The lowest BCUT2D eigenvalue weighted by Gasteiger charge is -2.43. The van der Waals surface area contributed by atoms with Crippen LogP contribution < -0.4 is 0 Å². The lowest BCUT2D eigenvalue weighted by atomic mass is 9.63. The van der Waals surface area contributed by atoms with E-state index in [4.69, 9.17) is 5.11 Å². The number of halogens is 1. The molecule has 98 valence electrons. The summed E-state index contributed by atoms with van der Waals surface area (Å²) in [5, 5.41) is 8.90. The molecule has 1 aliphatic carbocycles. The second-order valence-electron chi connectivity index (χ2n) is 4.87. The molecule has 1 aliphatic rings. The molecule has 0 aromatic heterocycles. The third kappa shape index (κ3) is 2.01. The average molecular weight is 251 g/mol. The molecule has 1 saturated carbocycles. The summed E-state index contributed by atoms with van der Waals surface area (Å²) < 4.78 is 13.9. The van der Waals surface area contributed by atoms with Crippen molar-refractivity contribution in [3.8, 4) is 0 Å². The fourth-order valence-corrected chi connectivity index (χ4v) is 2.59. The van der Waals surface area contributed by atoms with E-state index in [-0.39, 0.29) is 24.9 Å². The average Bonchev–Trinajstić information content (AvgIpc) is 2.30. The van der Waals surface area contributed by atoms with Crippen molar-refractivity contribution in [3.63, 3.8) is 0 Å². The van der Waals surface area contributed by atoms with Crippen LogP contribution in [0.1, 0.15) is 24.8 Å². The lowest BCUT2D eigenvalue weighted by Crippen LogP contribution is -2.50. The zero-order valence-electron chi connectivity index (χ0n) is 10.5. The second kappa shape index (κ2) is 5.06. The van der Waals surface area contributed by atoms with Gasteiger partial charge < -0.3 is 10.0 Å². The van der Waals surface area contributed by atoms with Crippen LogP contribution in [0.3, 0.4) is 0 Å². The minimum absolute atomic E-state index is 0.0738. The number of amides is 1. The summed E-state index contributed by atoms with van der Waals surface area (Å²) in [5.41, 5.74) is -0.221. The maximum absolute atomic E-state index is 13.9. The maximum Gasteiger partial charge on any atom is 0.233 e. The molecule has 0 spiro atoms. The Kier molecular flexibility index (Phi) is 3.66. The van der Waals surface area contributed by atoms with Crippen molar-refractivity contribution >= 4 is 5.91 Å². The fraction of sp³-hybridized carbons (Fsp3) is 0.500. The molecule has 0 heterocycles. The zero-order valence-corrected chi connectivity index (χ0v) is 10.5. The van der Waals surface area contributed by atoms with E-state index in [0.717, 1.165) is 6.42 Å². The van der Waals surface area contributed by atoms with Gasteiger partial charge in [-0.3, -0.25) is 4.79 Å². The van der Waals surface area contributed by atoms with E-state index in [0.29, 0.717) is 18.4 Å². The molecule has 1 fully saturated rings. The Morgan fingerprint density at radius 3 is 2.61 bits per heavy atom. The predicted molar refractivity (Wildman–Crippen MR) is 66.7 cm³/mol. The van der Waals surface area contributed by atoms with Crippen molar-refractivity contribution in [2.24, 2.45) is 0 Å². The molecule has 0 unspecified atom stereocenters. The third-order valence-electron chi connectivity index (χ3n) is 3.79. The normalized spacial score (nSPS) is 17.1. The van der Waals surface area contributed by atoms with Crippen LogP contribution in [0, 0.1) is 5.82 Å². The maximum atomic E-state index is 13.9. The van der Waals surface area contributed by atoms with Gasteiger partial charge in [0.15, 0.2) is 0 Å². The quantitative estimate of drug-likeness (QED) is 0.884.